The first-order valence-corrected chi connectivity index (χ1v) is 18.0. The van der Waals surface area contributed by atoms with Gasteiger partial charge in [-0.25, -0.2) is 9.36 Å². The van der Waals surface area contributed by atoms with Crippen LogP contribution in [-0.2, 0) is 41.7 Å². The number of amides is 3. The molecule has 4 heterocycles. The number of carbonyl (C=O) groups is 4. The van der Waals surface area contributed by atoms with E-state index in [9.17, 15) is 39.6 Å². The number of ketones is 1. The molecular weight excluding hydrogens is 696 g/mol. The number of nitrogens with one attached hydrogen (secondary N) is 3. The van der Waals surface area contributed by atoms with Crippen LogP contribution in [0.4, 0.5) is 0 Å². The molecule has 2 saturated heterocycles. The molecule has 20 nitrogen and oxygen atoms in total. The molecule has 0 aromatic carbocycles. The fourth-order valence-electron chi connectivity index (χ4n) is 6.23. The van der Waals surface area contributed by atoms with Gasteiger partial charge in [-0.1, -0.05) is 30.7 Å². The van der Waals surface area contributed by atoms with Gasteiger partial charge in [-0.05, 0) is 33.6 Å². The largest absolute Gasteiger partial charge is 0.390 e. The van der Waals surface area contributed by atoms with E-state index in [0.29, 0.717) is 30.8 Å². The van der Waals surface area contributed by atoms with Crippen molar-refractivity contribution in [2.75, 3.05) is 26.2 Å². The van der Waals surface area contributed by atoms with Crippen LogP contribution in [0.1, 0.15) is 84.1 Å². The third-order valence-electron chi connectivity index (χ3n) is 9.55. The molecule has 296 valence electrons. The summed E-state index contributed by atoms with van der Waals surface area (Å²) in [6.45, 7) is 7.79. The van der Waals surface area contributed by atoms with Crippen molar-refractivity contribution in [2.24, 2.45) is 11.8 Å². The predicted molar refractivity (Wildman–Crippen MR) is 184 cm³/mol. The Morgan fingerprint density at radius 1 is 0.679 bits per heavy atom. The molecule has 4 rings (SSSR count). The minimum atomic E-state index is -1.04. The molecule has 3 amide bonds. The fourth-order valence-corrected chi connectivity index (χ4v) is 6.23. The number of aromatic nitrogens is 6. The molecule has 53 heavy (non-hydrogen) atoms. The Hall–Kier alpha value is -3.92. The van der Waals surface area contributed by atoms with Gasteiger partial charge < -0.3 is 50.6 Å². The highest BCUT2D eigenvalue weighted by molar-refractivity contribution is 5.84. The van der Waals surface area contributed by atoms with Crippen molar-refractivity contribution in [2.45, 2.75) is 122 Å². The molecule has 2 aromatic rings. The maximum Gasteiger partial charge on any atom is 0.234 e. The monoisotopic (exact) mass is 750 g/mol. The Kier molecular flexibility index (Phi) is 15.3. The number of Topliss-reactive ketones (excluding diaryl/α,β-unsaturated/α-hetero) is 1. The molecule has 0 aliphatic carbocycles. The number of unbranched alkanes of at least 4 members (excludes halogenated alkanes) is 2. The molecule has 0 bridgehead atoms. The van der Waals surface area contributed by atoms with Gasteiger partial charge in [0.05, 0.1) is 69.5 Å². The second kappa shape index (κ2) is 19.4. The van der Waals surface area contributed by atoms with Gasteiger partial charge in [0, 0.05) is 24.8 Å². The first-order valence-electron chi connectivity index (χ1n) is 18.0. The fraction of sp³-hybridized carbons (Fsp3) is 0.758. The Balaban J connectivity index is 1.31. The van der Waals surface area contributed by atoms with Crippen LogP contribution in [-0.4, -0.2) is 142 Å². The highest BCUT2D eigenvalue weighted by Gasteiger charge is 2.42. The van der Waals surface area contributed by atoms with Crippen LogP contribution in [0, 0.1) is 11.8 Å². The van der Waals surface area contributed by atoms with Crippen molar-refractivity contribution in [1.82, 2.24) is 50.8 Å². The van der Waals surface area contributed by atoms with E-state index >= 15 is 0 Å². The summed E-state index contributed by atoms with van der Waals surface area (Å²) >= 11 is 0. The first-order chi connectivity index (χ1) is 25.1. The van der Waals surface area contributed by atoms with Gasteiger partial charge in [0.25, 0.3) is 0 Å². The number of aliphatic hydroxyl groups excluding tert-OH is 4. The lowest BCUT2D eigenvalue weighted by Gasteiger charge is -2.40. The number of hydrogen-bond acceptors (Lipinski definition) is 15. The first kappa shape index (κ1) is 41.8. The van der Waals surface area contributed by atoms with Crippen LogP contribution in [0.25, 0.3) is 0 Å². The normalized spacial score (nSPS) is 28.8. The van der Waals surface area contributed by atoms with E-state index in [4.69, 9.17) is 9.47 Å². The average Bonchev–Trinajstić information content (AvgIpc) is 3.79. The van der Waals surface area contributed by atoms with Crippen molar-refractivity contribution >= 4 is 23.5 Å². The number of aliphatic hydroxyl groups is 4. The summed E-state index contributed by atoms with van der Waals surface area (Å²) < 4.78 is 14.5. The Bertz CT molecular complexity index is 1430. The molecule has 0 saturated carbocycles. The molecule has 2 aliphatic rings. The van der Waals surface area contributed by atoms with Crippen LogP contribution in [0.15, 0.2) is 12.4 Å². The Morgan fingerprint density at radius 3 is 1.55 bits per heavy atom. The van der Waals surface area contributed by atoms with Crippen molar-refractivity contribution < 1.29 is 49.1 Å². The number of rotatable bonds is 18. The van der Waals surface area contributed by atoms with Crippen LogP contribution in [0.5, 0.6) is 0 Å². The maximum absolute atomic E-state index is 13.0. The molecule has 2 aliphatic heterocycles. The quantitative estimate of drug-likeness (QED) is 0.0806. The molecule has 20 heteroatoms. The van der Waals surface area contributed by atoms with Crippen molar-refractivity contribution in [3.8, 4) is 0 Å². The smallest absolute Gasteiger partial charge is 0.234 e. The van der Waals surface area contributed by atoms with Crippen molar-refractivity contribution in [1.29, 1.82) is 0 Å². The zero-order chi connectivity index (χ0) is 38.8. The number of carbonyl (C=O) groups excluding carboxylic acids is 4. The van der Waals surface area contributed by atoms with Gasteiger partial charge in [-0.2, -0.15) is 0 Å². The summed E-state index contributed by atoms with van der Waals surface area (Å²) in [7, 11) is 0. The third-order valence-corrected chi connectivity index (χ3v) is 9.55. The predicted octanol–water partition coefficient (Wildman–Crippen LogP) is -2.08. The second-order valence-electron chi connectivity index (χ2n) is 14.1. The van der Waals surface area contributed by atoms with Gasteiger partial charge in [-0.15, -0.1) is 10.2 Å². The topological polar surface area (TPSA) is 268 Å². The lowest BCUT2D eigenvalue weighted by Crippen LogP contribution is -2.50. The van der Waals surface area contributed by atoms with Crippen LogP contribution < -0.4 is 16.0 Å². The summed E-state index contributed by atoms with van der Waals surface area (Å²) in [5, 5.41) is 65.5. The Labute approximate surface area is 307 Å². The molecule has 2 fully saturated rings. The molecule has 0 radical (unpaired) electrons. The van der Waals surface area contributed by atoms with E-state index in [1.54, 1.807) is 40.1 Å². The summed E-state index contributed by atoms with van der Waals surface area (Å²) in [6, 6.07) is 0. The van der Waals surface area contributed by atoms with Gasteiger partial charge in [0.15, 0.2) is 12.5 Å². The molecule has 0 unspecified atom stereocenters. The molecule has 10 atom stereocenters. The van der Waals surface area contributed by atoms with Crippen LogP contribution >= 0.6 is 0 Å². The van der Waals surface area contributed by atoms with Crippen LogP contribution in [0.2, 0.25) is 0 Å². The molecule has 0 spiro atoms. The minimum absolute atomic E-state index is 0.0130. The highest BCUT2D eigenvalue weighted by Crippen LogP contribution is 2.33. The van der Waals surface area contributed by atoms with E-state index in [-0.39, 0.29) is 44.4 Å². The lowest BCUT2D eigenvalue weighted by atomic mass is 9.92. The third kappa shape index (κ3) is 11.8. The zero-order valence-electron chi connectivity index (χ0n) is 30.9. The van der Waals surface area contributed by atoms with Crippen molar-refractivity contribution in [3.05, 3.63) is 23.8 Å². The lowest BCUT2D eigenvalue weighted by molar-refractivity contribution is -0.217. The van der Waals surface area contributed by atoms with E-state index in [1.807, 2.05) is 0 Å². The zero-order valence-corrected chi connectivity index (χ0v) is 30.9. The Morgan fingerprint density at radius 2 is 1.11 bits per heavy atom. The SMILES string of the molecule is CC(=O)CCCCCNC(=O)CN(CC(=O)NCc1cn([C@H]2O[C@@H](C)[C@@H](O)[C@@H](O)[C@@H]2C)nn1)CC(=O)NCc1cn([C@H]2O[C@@H](C)[C@@H](O)[C@@H](O)[C@@H]2C)nn1. The molecule has 7 N–H and O–H groups in total. The molecular formula is C33H54N10O10. The number of ether oxygens (including phenoxy) is 2. The van der Waals surface area contributed by atoms with Gasteiger partial charge in [0.2, 0.25) is 17.7 Å². The average molecular weight is 751 g/mol. The van der Waals surface area contributed by atoms with E-state index in [0.717, 1.165) is 12.8 Å². The number of hydrogen-bond donors (Lipinski definition) is 7. The summed E-state index contributed by atoms with van der Waals surface area (Å²) in [5.41, 5.74) is 0.797. The van der Waals surface area contributed by atoms with E-state index in [2.05, 4.69) is 36.6 Å². The van der Waals surface area contributed by atoms with Crippen LogP contribution in [0.3, 0.4) is 0 Å². The summed E-state index contributed by atoms with van der Waals surface area (Å²) in [6.07, 6.45) is -0.946. The standard InChI is InChI=1S/C33H54N10O10/c1-18(44)9-7-6-8-10-34-25(45)15-41(16-26(46)35-11-23-13-42(39-37-23)32-19(2)28(48)30(50)21(4)52-32)17-27(47)36-12-24-14-43(40-38-24)33-20(3)29(49)31(51)22(5)53-33/h13-14,19-22,28-33,48-51H,6-12,15-17H2,1-5H3,(H,34,45)(H,35,46)(H,36,47)/t19-,20-,21-,22-,28-,29-,30+,31+,32-,33-/m0/s1. The number of nitrogens with zero attached hydrogens (tertiary/aromatic N) is 7. The maximum atomic E-state index is 13.0. The summed E-state index contributed by atoms with van der Waals surface area (Å²) in [4.78, 5) is 51.4. The van der Waals surface area contributed by atoms with Crippen molar-refractivity contribution in [3.63, 3.8) is 0 Å². The van der Waals surface area contributed by atoms with Gasteiger partial charge in [-0.3, -0.25) is 19.3 Å². The van der Waals surface area contributed by atoms with Gasteiger partial charge in [0.1, 0.15) is 29.4 Å². The second-order valence-corrected chi connectivity index (χ2v) is 14.1. The van der Waals surface area contributed by atoms with E-state index < -0.39 is 72.7 Å². The molecule has 2 aromatic heterocycles. The van der Waals surface area contributed by atoms with E-state index in [1.165, 1.54) is 21.2 Å². The van der Waals surface area contributed by atoms with Gasteiger partial charge >= 0.3 is 0 Å². The highest BCUT2D eigenvalue weighted by atomic mass is 16.5. The summed E-state index contributed by atoms with van der Waals surface area (Å²) in [5.74, 6) is -2.19. The minimum Gasteiger partial charge on any atom is -0.390 e.